The summed E-state index contributed by atoms with van der Waals surface area (Å²) in [6.45, 7) is 4.46. The molecule has 4 aromatic rings. The van der Waals surface area contributed by atoms with Crippen molar-refractivity contribution in [2.24, 2.45) is 5.73 Å². The van der Waals surface area contributed by atoms with E-state index in [4.69, 9.17) is 36.3 Å². The monoisotopic (exact) mass is 566 g/mol. The number of carbonyl (C=O) groups excluding carboxylic acids is 1. The van der Waals surface area contributed by atoms with Crippen molar-refractivity contribution in [3.8, 4) is 29.1 Å². The summed E-state index contributed by atoms with van der Waals surface area (Å²) in [6, 6.07) is 27.3. The molecule has 206 valence electrons. The van der Waals surface area contributed by atoms with Gasteiger partial charge in [-0.25, -0.2) is 4.79 Å². The van der Waals surface area contributed by atoms with Crippen molar-refractivity contribution in [3.05, 3.63) is 129 Å². The number of nitrogens with two attached hydrogens (primary N) is 1. The third-order valence-corrected chi connectivity index (χ3v) is 6.97. The highest BCUT2D eigenvalue weighted by atomic mass is 35.5. The van der Waals surface area contributed by atoms with Crippen LogP contribution in [0.2, 0.25) is 5.02 Å². The molecule has 1 unspecified atom stereocenters. The van der Waals surface area contributed by atoms with Crippen LogP contribution in [0, 0.1) is 18.3 Å². The van der Waals surface area contributed by atoms with Gasteiger partial charge in [-0.3, -0.25) is 0 Å². The fourth-order valence-corrected chi connectivity index (χ4v) is 4.83. The quantitative estimate of drug-likeness (QED) is 0.180. The molecule has 1 heterocycles. The van der Waals surface area contributed by atoms with Gasteiger partial charge in [-0.05, 0) is 55.8 Å². The second-order valence-corrected chi connectivity index (χ2v) is 9.81. The number of allylic oxidation sites excluding steroid dienone is 1. The van der Waals surface area contributed by atoms with E-state index in [2.05, 4.69) is 6.07 Å². The maximum absolute atomic E-state index is 12.7. The summed E-state index contributed by atoms with van der Waals surface area (Å²) in [4.78, 5) is 12.7. The molecule has 1 atom stereocenters. The number of hydrogen-bond donors (Lipinski definition) is 1. The number of aryl methyl sites for hydroxylation is 1. The largest absolute Gasteiger partial charge is 0.490 e. The van der Waals surface area contributed by atoms with E-state index in [9.17, 15) is 10.1 Å². The Hall–Kier alpha value is -4.93. The number of nitriles is 1. The predicted molar refractivity (Wildman–Crippen MR) is 155 cm³/mol. The van der Waals surface area contributed by atoms with E-state index < -0.39 is 11.9 Å². The molecule has 0 bridgehead atoms. The van der Waals surface area contributed by atoms with Gasteiger partial charge in [0, 0.05) is 22.2 Å². The number of carbonyl (C=O) groups is 1. The lowest BCUT2D eigenvalue weighted by Crippen LogP contribution is -2.21. The number of nitrogens with zero attached hydrogens (tertiary/aromatic N) is 1. The summed E-state index contributed by atoms with van der Waals surface area (Å²) in [5.74, 6) is 0.683. The number of esters is 1. The highest BCUT2D eigenvalue weighted by Gasteiger charge is 2.32. The van der Waals surface area contributed by atoms with E-state index in [1.807, 2.05) is 56.3 Å². The summed E-state index contributed by atoms with van der Waals surface area (Å²) >= 11 is 6.29. The van der Waals surface area contributed by atoms with Crippen LogP contribution in [0.5, 0.6) is 23.0 Å². The van der Waals surface area contributed by atoms with Crippen molar-refractivity contribution in [2.45, 2.75) is 26.4 Å². The SMILES string of the molecule is CCOc1cc(C2C(C#N)=C(N)Oc3cc(OC(=O)c4cccc(C)c4)ccc32)ccc1OCc1ccccc1Cl. The molecule has 41 heavy (non-hydrogen) atoms. The zero-order chi connectivity index (χ0) is 28.9. The highest BCUT2D eigenvalue weighted by Crippen LogP contribution is 2.45. The number of fused-ring (bicyclic) bond motifs is 1. The van der Waals surface area contributed by atoms with Gasteiger partial charge < -0.3 is 24.7 Å². The molecule has 4 aromatic carbocycles. The predicted octanol–water partition coefficient (Wildman–Crippen LogP) is 7.06. The van der Waals surface area contributed by atoms with Gasteiger partial charge in [0.1, 0.15) is 29.7 Å². The molecule has 0 fully saturated rings. The number of halogens is 1. The van der Waals surface area contributed by atoms with Crippen LogP contribution in [-0.4, -0.2) is 12.6 Å². The van der Waals surface area contributed by atoms with Crippen molar-refractivity contribution in [1.29, 1.82) is 5.26 Å². The summed E-state index contributed by atoms with van der Waals surface area (Å²) in [6.07, 6.45) is 0. The lowest BCUT2D eigenvalue weighted by atomic mass is 9.83. The molecule has 8 heteroatoms. The minimum Gasteiger partial charge on any atom is -0.490 e. The summed E-state index contributed by atoms with van der Waals surface area (Å²) < 4.78 is 23.4. The van der Waals surface area contributed by atoms with Crippen molar-refractivity contribution in [3.63, 3.8) is 0 Å². The Labute approximate surface area is 243 Å². The fourth-order valence-electron chi connectivity index (χ4n) is 4.64. The molecule has 1 aliphatic heterocycles. The highest BCUT2D eigenvalue weighted by molar-refractivity contribution is 6.31. The second-order valence-electron chi connectivity index (χ2n) is 9.40. The number of ether oxygens (including phenoxy) is 4. The van der Waals surface area contributed by atoms with Crippen LogP contribution < -0.4 is 24.7 Å². The number of hydrogen-bond acceptors (Lipinski definition) is 7. The molecule has 0 saturated carbocycles. The van der Waals surface area contributed by atoms with Crippen molar-refractivity contribution in [1.82, 2.24) is 0 Å². The first-order valence-corrected chi connectivity index (χ1v) is 13.4. The minimum absolute atomic E-state index is 0.0239. The van der Waals surface area contributed by atoms with Gasteiger partial charge in [0.05, 0.1) is 18.1 Å². The van der Waals surface area contributed by atoms with Crippen LogP contribution in [0.4, 0.5) is 0 Å². The molecule has 0 spiro atoms. The van der Waals surface area contributed by atoms with E-state index in [-0.39, 0.29) is 18.1 Å². The van der Waals surface area contributed by atoms with Gasteiger partial charge in [0.15, 0.2) is 11.5 Å². The van der Waals surface area contributed by atoms with E-state index in [0.29, 0.717) is 45.8 Å². The molecule has 0 amide bonds. The van der Waals surface area contributed by atoms with Gasteiger partial charge in [-0.1, -0.05) is 59.6 Å². The Balaban J connectivity index is 1.46. The standard InChI is InChI=1S/C33H27ClN2O5/c1-3-38-30-16-21(11-14-28(30)39-19-23-8-4-5-10-27(23)34)31-25-13-12-24(17-29(25)41-32(36)26(31)18-35)40-33(37)22-9-6-7-20(2)15-22/h4-17,31H,3,19,36H2,1-2H3. The molecular weight excluding hydrogens is 540 g/mol. The Morgan fingerprint density at radius 1 is 1.00 bits per heavy atom. The molecule has 0 aromatic heterocycles. The van der Waals surface area contributed by atoms with Crippen molar-refractivity contribution >= 4 is 17.6 Å². The number of rotatable bonds is 8. The first-order chi connectivity index (χ1) is 19.9. The lowest BCUT2D eigenvalue weighted by molar-refractivity contribution is 0.0734. The lowest BCUT2D eigenvalue weighted by Gasteiger charge is -2.27. The molecule has 0 radical (unpaired) electrons. The second kappa shape index (κ2) is 12.1. The molecule has 7 nitrogen and oxygen atoms in total. The topological polar surface area (TPSA) is 104 Å². The minimum atomic E-state index is -0.540. The van der Waals surface area contributed by atoms with Crippen LogP contribution in [0.15, 0.2) is 96.4 Å². The molecule has 0 aliphatic carbocycles. The van der Waals surface area contributed by atoms with Crippen LogP contribution >= 0.6 is 11.6 Å². The van der Waals surface area contributed by atoms with E-state index in [1.54, 1.807) is 42.5 Å². The van der Waals surface area contributed by atoms with Gasteiger partial charge in [0.2, 0.25) is 5.88 Å². The van der Waals surface area contributed by atoms with Crippen LogP contribution in [0.3, 0.4) is 0 Å². The molecule has 1 aliphatic rings. The first kappa shape index (κ1) is 27.6. The van der Waals surface area contributed by atoms with Gasteiger partial charge in [-0.15, -0.1) is 0 Å². The van der Waals surface area contributed by atoms with Gasteiger partial charge in [0.25, 0.3) is 0 Å². The smallest absolute Gasteiger partial charge is 0.343 e. The average Bonchev–Trinajstić information content (AvgIpc) is 2.96. The summed E-state index contributed by atoms with van der Waals surface area (Å²) in [7, 11) is 0. The Kier molecular flexibility index (Phi) is 8.14. The maximum atomic E-state index is 12.7. The molecule has 2 N–H and O–H groups in total. The molecule has 0 saturated heterocycles. The third-order valence-electron chi connectivity index (χ3n) is 6.60. The van der Waals surface area contributed by atoms with Gasteiger partial charge in [-0.2, -0.15) is 5.26 Å². The normalized spacial score (nSPS) is 14.0. The first-order valence-electron chi connectivity index (χ1n) is 13.0. The van der Waals surface area contributed by atoms with Crippen molar-refractivity contribution < 1.29 is 23.7 Å². The average molecular weight is 567 g/mol. The Morgan fingerprint density at radius 3 is 2.59 bits per heavy atom. The molecule has 5 rings (SSSR count). The maximum Gasteiger partial charge on any atom is 0.343 e. The van der Waals surface area contributed by atoms with Gasteiger partial charge >= 0.3 is 5.97 Å². The molecular formula is C33H27ClN2O5. The Morgan fingerprint density at radius 2 is 1.83 bits per heavy atom. The zero-order valence-corrected chi connectivity index (χ0v) is 23.3. The number of benzene rings is 4. The summed E-state index contributed by atoms with van der Waals surface area (Å²) in [5.41, 5.74) is 10.1. The third kappa shape index (κ3) is 5.98. The summed E-state index contributed by atoms with van der Waals surface area (Å²) in [5, 5.41) is 10.6. The van der Waals surface area contributed by atoms with Crippen LogP contribution in [-0.2, 0) is 6.61 Å². The van der Waals surface area contributed by atoms with Crippen LogP contribution in [0.25, 0.3) is 0 Å². The fraction of sp³-hybridized carbons (Fsp3) is 0.152. The van der Waals surface area contributed by atoms with Crippen LogP contribution in [0.1, 0.15) is 45.5 Å². The van der Waals surface area contributed by atoms with Crippen molar-refractivity contribution in [2.75, 3.05) is 6.61 Å². The van der Waals surface area contributed by atoms with E-state index in [0.717, 1.165) is 16.7 Å². The Bertz CT molecular complexity index is 1690. The van der Waals surface area contributed by atoms with E-state index >= 15 is 0 Å². The van der Waals surface area contributed by atoms with E-state index in [1.165, 1.54) is 0 Å². The zero-order valence-electron chi connectivity index (χ0n) is 22.5.